The summed E-state index contributed by atoms with van der Waals surface area (Å²) in [5.74, 6) is -0.549. The van der Waals surface area contributed by atoms with Crippen molar-refractivity contribution in [3.63, 3.8) is 0 Å². The van der Waals surface area contributed by atoms with Gasteiger partial charge in [0.1, 0.15) is 5.82 Å². The lowest BCUT2D eigenvalue weighted by atomic mass is 10.1. The topological polar surface area (TPSA) is 67.2 Å². The van der Waals surface area contributed by atoms with Crippen LogP contribution in [0.2, 0.25) is 0 Å². The van der Waals surface area contributed by atoms with E-state index in [1.165, 1.54) is 24.3 Å². The van der Waals surface area contributed by atoms with Gasteiger partial charge in [-0.05, 0) is 41.5 Å². The van der Waals surface area contributed by atoms with Gasteiger partial charge in [0, 0.05) is 18.9 Å². The monoisotopic (exact) mass is 339 g/mol. The molecule has 0 aliphatic rings. The summed E-state index contributed by atoms with van der Waals surface area (Å²) >= 11 is 0. The molecule has 0 spiro atoms. The lowest BCUT2D eigenvalue weighted by molar-refractivity contribution is -0.120. The summed E-state index contributed by atoms with van der Waals surface area (Å²) in [6, 6.07) is 14.9. The van der Waals surface area contributed by atoms with Gasteiger partial charge in [0.05, 0.1) is 18.2 Å². The van der Waals surface area contributed by atoms with Crippen LogP contribution in [-0.2, 0) is 11.2 Å². The molecule has 3 aromatic rings. The minimum absolute atomic E-state index is 0.0792. The Morgan fingerprint density at radius 1 is 1.16 bits per heavy atom. The fraction of sp³-hybridized carbons (Fsp3) is 0.158. The van der Waals surface area contributed by atoms with Crippen molar-refractivity contribution >= 4 is 5.91 Å². The first-order valence-corrected chi connectivity index (χ1v) is 7.91. The third-order valence-corrected chi connectivity index (χ3v) is 3.82. The Hall–Kier alpha value is -2.99. The number of carbonyl (C=O) groups excluding carboxylic acids is 1. The van der Waals surface area contributed by atoms with Gasteiger partial charge in [0.2, 0.25) is 5.91 Å². The van der Waals surface area contributed by atoms with Crippen LogP contribution >= 0.6 is 0 Å². The third kappa shape index (κ3) is 4.51. The molecule has 1 amide bonds. The molecule has 1 atom stereocenters. The summed E-state index contributed by atoms with van der Waals surface area (Å²) in [7, 11) is 0. The highest BCUT2D eigenvalue weighted by Gasteiger charge is 2.10. The Morgan fingerprint density at radius 3 is 2.52 bits per heavy atom. The lowest BCUT2D eigenvalue weighted by Crippen LogP contribution is -2.29. The van der Waals surface area contributed by atoms with Gasteiger partial charge in [-0.2, -0.15) is 5.10 Å². The second-order valence-corrected chi connectivity index (χ2v) is 5.67. The molecule has 0 aliphatic carbocycles. The van der Waals surface area contributed by atoms with E-state index >= 15 is 0 Å². The molecule has 6 heteroatoms. The molecule has 25 heavy (non-hydrogen) atoms. The molecule has 3 rings (SSSR count). The van der Waals surface area contributed by atoms with Gasteiger partial charge in [-0.25, -0.2) is 9.07 Å². The Kier molecular flexibility index (Phi) is 5.20. The van der Waals surface area contributed by atoms with E-state index in [4.69, 9.17) is 0 Å². The van der Waals surface area contributed by atoms with E-state index in [9.17, 15) is 14.3 Å². The maximum Gasteiger partial charge on any atom is 0.224 e. The van der Waals surface area contributed by atoms with Crippen molar-refractivity contribution in [1.29, 1.82) is 0 Å². The van der Waals surface area contributed by atoms with Crippen molar-refractivity contribution in [1.82, 2.24) is 15.1 Å². The number of carbonyl (C=O) groups is 1. The summed E-state index contributed by atoms with van der Waals surface area (Å²) in [6.45, 7) is 0.0792. The first-order chi connectivity index (χ1) is 12.1. The molecule has 1 heterocycles. The number of rotatable bonds is 6. The molecule has 0 fully saturated rings. The van der Waals surface area contributed by atoms with Crippen molar-refractivity contribution in [2.45, 2.75) is 12.5 Å². The van der Waals surface area contributed by atoms with Crippen LogP contribution in [0.4, 0.5) is 4.39 Å². The minimum Gasteiger partial charge on any atom is -0.387 e. The van der Waals surface area contributed by atoms with Gasteiger partial charge in [-0.3, -0.25) is 4.79 Å². The molecule has 0 saturated carbocycles. The van der Waals surface area contributed by atoms with Crippen molar-refractivity contribution in [3.8, 4) is 5.69 Å². The SMILES string of the molecule is O=C(Cc1ccc(-n2cccn2)cc1)NCC(O)c1ccc(F)cc1. The Balaban J connectivity index is 1.51. The van der Waals surface area contributed by atoms with E-state index < -0.39 is 6.10 Å². The van der Waals surface area contributed by atoms with Crippen LogP contribution in [0, 0.1) is 5.82 Å². The highest BCUT2D eigenvalue weighted by atomic mass is 19.1. The third-order valence-electron chi connectivity index (χ3n) is 3.82. The van der Waals surface area contributed by atoms with Crippen LogP contribution in [0.15, 0.2) is 67.0 Å². The van der Waals surface area contributed by atoms with E-state index in [2.05, 4.69) is 10.4 Å². The number of hydrogen-bond donors (Lipinski definition) is 2. The maximum absolute atomic E-state index is 12.9. The van der Waals surface area contributed by atoms with Crippen molar-refractivity contribution in [2.75, 3.05) is 6.54 Å². The highest BCUT2D eigenvalue weighted by Crippen LogP contribution is 2.13. The van der Waals surface area contributed by atoms with Gasteiger partial charge in [-0.1, -0.05) is 24.3 Å². The van der Waals surface area contributed by atoms with Gasteiger partial charge >= 0.3 is 0 Å². The van der Waals surface area contributed by atoms with E-state index in [0.29, 0.717) is 5.56 Å². The first kappa shape index (κ1) is 16.9. The van der Waals surface area contributed by atoms with Crippen molar-refractivity contribution in [2.24, 2.45) is 0 Å². The first-order valence-electron chi connectivity index (χ1n) is 7.91. The highest BCUT2D eigenvalue weighted by molar-refractivity contribution is 5.78. The second-order valence-electron chi connectivity index (χ2n) is 5.67. The predicted octanol–water partition coefficient (Wildman–Crippen LogP) is 2.40. The van der Waals surface area contributed by atoms with Gasteiger partial charge in [-0.15, -0.1) is 0 Å². The largest absolute Gasteiger partial charge is 0.387 e. The normalized spacial score (nSPS) is 11.9. The number of aliphatic hydroxyl groups excluding tert-OH is 1. The van der Waals surface area contributed by atoms with Crippen molar-refractivity contribution < 1.29 is 14.3 Å². The average molecular weight is 339 g/mol. The van der Waals surface area contributed by atoms with Gasteiger partial charge in [0.15, 0.2) is 0 Å². The molecular weight excluding hydrogens is 321 g/mol. The second kappa shape index (κ2) is 7.72. The van der Waals surface area contributed by atoms with Crippen LogP contribution < -0.4 is 5.32 Å². The molecular formula is C19H18FN3O2. The fourth-order valence-electron chi connectivity index (χ4n) is 2.45. The lowest BCUT2D eigenvalue weighted by Gasteiger charge is -2.12. The molecule has 5 nitrogen and oxygen atoms in total. The van der Waals surface area contributed by atoms with Crippen LogP contribution in [0.1, 0.15) is 17.2 Å². The molecule has 2 aromatic carbocycles. The fourth-order valence-corrected chi connectivity index (χ4v) is 2.45. The molecule has 0 bridgehead atoms. The molecule has 0 aliphatic heterocycles. The number of aromatic nitrogens is 2. The van der Waals surface area contributed by atoms with Crippen LogP contribution in [0.5, 0.6) is 0 Å². The minimum atomic E-state index is -0.869. The van der Waals surface area contributed by atoms with Gasteiger partial charge in [0.25, 0.3) is 0 Å². The van der Waals surface area contributed by atoms with E-state index in [1.54, 1.807) is 10.9 Å². The quantitative estimate of drug-likeness (QED) is 0.725. The van der Waals surface area contributed by atoms with Crippen LogP contribution in [-0.4, -0.2) is 27.3 Å². The number of nitrogens with one attached hydrogen (secondary N) is 1. The summed E-state index contributed by atoms with van der Waals surface area (Å²) < 4.78 is 14.6. The zero-order chi connectivity index (χ0) is 17.6. The van der Waals surface area contributed by atoms with Crippen LogP contribution in [0.3, 0.4) is 0 Å². The van der Waals surface area contributed by atoms with Crippen LogP contribution in [0.25, 0.3) is 5.69 Å². The standard InChI is InChI=1S/C19H18FN3O2/c20-16-6-4-15(5-7-16)18(24)13-21-19(25)12-14-2-8-17(9-3-14)23-11-1-10-22-23/h1-11,18,24H,12-13H2,(H,21,25). The predicted molar refractivity (Wildman–Crippen MR) is 91.6 cm³/mol. The average Bonchev–Trinajstić information content (AvgIpc) is 3.15. The number of amides is 1. The Labute approximate surface area is 144 Å². The van der Waals surface area contributed by atoms with Gasteiger partial charge < -0.3 is 10.4 Å². The molecule has 0 saturated heterocycles. The van der Waals surface area contributed by atoms with E-state index in [-0.39, 0.29) is 24.7 Å². The van der Waals surface area contributed by atoms with E-state index in [0.717, 1.165) is 11.3 Å². The zero-order valence-corrected chi connectivity index (χ0v) is 13.5. The smallest absolute Gasteiger partial charge is 0.224 e. The zero-order valence-electron chi connectivity index (χ0n) is 13.5. The molecule has 128 valence electrons. The summed E-state index contributed by atoms with van der Waals surface area (Å²) in [6.07, 6.45) is 2.90. The maximum atomic E-state index is 12.9. The Morgan fingerprint density at radius 2 is 1.88 bits per heavy atom. The molecule has 0 radical (unpaired) electrons. The Bertz CT molecular complexity index is 815. The number of nitrogens with zero attached hydrogens (tertiary/aromatic N) is 2. The summed E-state index contributed by atoms with van der Waals surface area (Å²) in [5.41, 5.74) is 2.34. The number of halogens is 1. The molecule has 1 aromatic heterocycles. The van der Waals surface area contributed by atoms with E-state index in [1.807, 2.05) is 36.5 Å². The number of benzene rings is 2. The summed E-state index contributed by atoms with van der Waals surface area (Å²) in [5, 5.41) is 16.9. The van der Waals surface area contributed by atoms with Crippen molar-refractivity contribution in [3.05, 3.63) is 83.9 Å². The summed E-state index contributed by atoms with van der Waals surface area (Å²) in [4.78, 5) is 12.0. The number of aliphatic hydroxyl groups is 1. The molecule has 2 N–H and O–H groups in total. The number of hydrogen-bond acceptors (Lipinski definition) is 3. The molecule has 1 unspecified atom stereocenters.